The zero-order chi connectivity index (χ0) is 14.8. The van der Waals surface area contributed by atoms with Crippen molar-refractivity contribution in [3.8, 4) is 11.4 Å². The van der Waals surface area contributed by atoms with Gasteiger partial charge in [0.2, 0.25) is 0 Å². The number of hydrogen-bond donors (Lipinski definition) is 1. The number of nitrogens with one attached hydrogen (secondary N) is 1. The average molecular weight is 282 g/mol. The third kappa shape index (κ3) is 3.15. The Hall–Kier alpha value is -2.10. The lowest BCUT2D eigenvalue weighted by atomic mass is 10.1. The van der Waals surface area contributed by atoms with Gasteiger partial charge in [0, 0.05) is 49.6 Å². The molecule has 0 spiro atoms. The first-order valence-corrected chi connectivity index (χ1v) is 7.58. The lowest BCUT2D eigenvalue weighted by Gasteiger charge is -2.13. The molecule has 1 aromatic heterocycles. The predicted molar refractivity (Wildman–Crippen MR) is 87.9 cm³/mol. The highest BCUT2D eigenvalue weighted by molar-refractivity contribution is 5.62. The average Bonchev–Trinajstić information content (AvgIpc) is 3.32. The maximum Gasteiger partial charge on any atom is 0.161 e. The van der Waals surface area contributed by atoms with E-state index in [4.69, 9.17) is 4.98 Å². The van der Waals surface area contributed by atoms with Gasteiger partial charge in [-0.05, 0) is 44.0 Å². The van der Waals surface area contributed by atoms with Crippen LogP contribution in [-0.4, -0.2) is 30.6 Å². The monoisotopic (exact) mass is 282 g/mol. The van der Waals surface area contributed by atoms with Crippen LogP contribution in [0.1, 0.15) is 31.4 Å². The summed E-state index contributed by atoms with van der Waals surface area (Å²) in [6.45, 7) is 2.96. The number of rotatable bonds is 5. The minimum absolute atomic E-state index is 0.630. The van der Waals surface area contributed by atoms with Gasteiger partial charge in [0.15, 0.2) is 5.82 Å². The fourth-order valence-corrected chi connectivity index (χ4v) is 2.36. The minimum Gasteiger partial charge on any atom is -0.378 e. The molecule has 4 nitrogen and oxygen atoms in total. The summed E-state index contributed by atoms with van der Waals surface area (Å²) in [4.78, 5) is 11.5. The standard InChI is InChI=1S/C17H22N4/c1-4-18-16-11-15(12-5-6-12)19-17(20-16)13-7-9-14(10-8-13)21(2)3/h7-12H,4-6H2,1-3H3,(H,18,19,20). The van der Waals surface area contributed by atoms with Gasteiger partial charge in [0.25, 0.3) is 0 Å². The highest BCUT2D eigenvalue weighted by Gasteiger charge is 2.26. The van der Waals surface area contributed by atoms with Gasteiger partial charge >= 0.3 is 0 Å². The van der Waals surface area contributed by atoms with Gasteiger partial charge in [-0.1, -0.05) is 0 Å². The van der Waals surface area contributed by atoms with Crippen LogP contribution >= 0.6 is 0 Å². The molecule has 2 aromatic rings. The Balaban J connectivity index is 1.95. The summed E-state index contributed by atoms with van der Waals surface area (Å²) in [7, 11) is 4.09. The summed E-state index contributed by atoms with van der Waals surface area (Å²) in [6, 6.07) is 10.5. The van der Waals surface area contributed by atoms with E-state index >= 15 is 0 Å². The predicted octanol–water partition coefficient (Wildman–Crippen LogP) is 3.52. The van der Waals surface area contributed by atoms with Crippen LogP contribution in [0.25, 0.3) is 11.4 Å². The molecular formula is C17H22N4. The van der Waals surface area contributed by atoms with Crippen molar-refractivity contribution in [2.45, 2.75) is 25.7 Å². The van der Waals surface area contributed by atoms with Gasteiger partial charge < -0.3 is 10.2 Å². The highest BCUT2D eigenvalue weighted by Crippen LogP contribution is 2.40. The molecule has 4 heteroatoms. The van der Waals surface area contributed by atoms with Crippen LogP contribution in [0, 0.1) is 0 Å². The Morgan fingerprint density at radius 2 is 1.86 bits per heavy atom. The van der Waals surface area contributed by atoms with Crippen LogP contribution in [0.2, 0.25) is 0 Å². The van der Waals surface area contributed by atoms with Crippen molar-refractivity contribution in [3.05, 3.63) is 36.0 Å². The third-order valence-electron chi connectivity index (χ3n) is 3.74. The lowest BCUT2D eigenvalue weighted by Crippen LogP contribution is -2.08. The van der Waals surface area contributed by atoms with E-state index in [0.29, 0.717) is 5.92 Å². The molecule has 1 aromatic carbocycles. The maximum atomic E-state index is 4.76. The molecule has 0 amide bonds. The van der Waals surface area contributed by atoms with E-state index in [9.17, 15) is 0 Å². The molecule has 110 valence electrons. The first-order valence-electron chi connectivity index (χ1n) is 7.58. The zero-order valence-electron chi connectivity index (χ0n) is 12.9. The van der Waals surface area contributed by atoms with Crippen LogP contribution in [0.5, 0.6) is 0 Å². The second-order valence-corrected chi connectivity index (χ2v) is 5.75. The van der Waals surface area contributed by atoms with Crippen molar-refractivity contribution in [1.82, 2.24) is 9.97 Å². The zero-order valence-corrected chi connectivity index (χ0v) is 12.9. The molecule has 0 aliphatic heterocycles. The van der Waals surface area contributed by atoms with Crippen LogP contribution in [0.3, 0.4) is 0 Å². The highest BCUT2D eigenvalue weighted by atomic mass is 15.1. The van der Waals surface area contributed by atoms with Gasteiger partial charge in [-0.2, -0.15) is 0 Å². The number of nitrogens with zero attached hydrogens (tertiary/aromatic N) is 3. The van der Waals surface area contributed by atoms with Crippen LogP contribution < -0.4 is 10.2 Å². The first kappa shape index (κ1) is 13.9. The maximum absolute atomic E-state index is 4.76. The minimum atomic E-state index is 0.630. The van der Waals surface area contributed by atoms with E-state index in [1.54, 1.807) is 0 Å². The first-order chi connectivity index (χ1) is 10.2. The summed E-state index contributed by atoms with van der Waals surface area (Å²) in [5.74, 6) is 2.38. The normalized spacial score (nSPS) is 14.0. The second-order valence-electron chi connectivity index (χ2n) is 5.75. The van der Waals surface area contributed by atoms with Crippen molar-refractivity contribution < 1.29 is 0 Å². The van der Waals surface area contributed by atoms with Crippen molar-refractivity contribution in [2.75, 3.05) is 30.9 Å². The molecule has 0 bridgehead atoms. The Bertz CT molecular complexity index is 615. The smallest absolute Gasteiger partial charge is 0.161 e. The van der Waals surface area contributed by atoms with Crippen molar-refractivity contribution >= 4 is 11.5 Å². The molecule has 0 radical (unpaired) electrons. The van der Waals surface area contributed by atoms with Crippen LogP contribution in [0.15, 0.2) is 30.3 Å². The summed E-state index contributed by atoms with van der Waals surface area (Å²) in [5.41, 5.74) is 3.43. The number of hydrogen-bond acceptors (Lipinski definition) is 4. The van der Waals surface area contributed by atoms with E-state index in [2.05, 4.69) is 52.5 Å². The number of aromatic nitrogens is 2. The van der Waals surface area contributed by atoms with Gasteiger partial charge in [0.1, 0.15) is 5.82 Å². The molecule has 1 saturated carbocycles. The Labute approximate surface area is 126 Å². The lowest BCUT2D eigenvalue weighted by molar-refractivity contribution is 0.988. The van der Waals surface area contributed by atoms with Crippen LogP contribution in [0.4, 0.5) is 11.5 Å². The Morgan fingerprint density at radius 3 is 2.43 bits per heavy atom. The van der Waals surface area contributed by atoms with Gasteiger partial charge in [0.05, 0.1) is 0 Å². The fraction of sp³-hybridized carbons (Fsp3) is 0.412. The van der Waals surface area contributed by atoms with Gasteiger partial charge in [-0.3, -0.25) is 0 Å². The molecule has 21 heavy (non-hydrogen) atoms. The SMILES string of the molecule is CCNc1cc(C2CC2)nc(-c2ccc(N(C)C)cc2)n1. The van der Waals surface area contributed by atoms with E-state index in [0.717, 1.165) is 23.8 Å². The molecule has 1 fully saturated rings. The van der Waals surface area contributed by atoms with E-state index < -0.39 is 0 Å². The molecule has 0 atom stereocenters. The topological polar surface area (TPSA) is 41.1 Å². The molecule has 1 aliphatic rings. The molecule has 1 N–H and O–H groups in total. The fourth-order valence-electron chi connectivity index (χ4n) is 2.36. The summed E-state index contributed by atoms with van der Waals surface area (Å²) in [6.07, 6.45) is 2.50. The third-order valence-corrected chi connectivity index (χ3v) is 3.74. The van der Waals surface area contributed by atoms with Crippen molar-refractivity contribution in [3.63, 3.8) is 0 Å². The Morgan fingerprint density at radius 1 is 1.14 bits per heavy atom. The largest absolute Gasteiger partial charge is 0.378 e. The molecule has 1 aliphatic carbocycles. The van der Waals surface area contributed by atoms with E-state index in [1.807, 2.05) is 14.1 Å². The molecule has 0 unspecified atom stereocenters. The molecule has 1 heterocycles. The summed E-state index contributed by atoms with van der Waals surface area (Å²) >= 11 is 0. The molecular weight excluding hydrogens is 260 g/mol. The summed E-state index contributed by atoms with van der Waals surface area (Å²) in [5, 5.41) is 3.31. The number of anilines is 2. The quantitative estimate of drug-likeness (QED) is 0.911. The second kappa shape index (κ2) is 5.72. The van der Waals surface area contributed by atoms with E-state index in [-0.39, 0.29) is 0 Å². The molecule has 0 saturated heterocycles. The van der Waals surface area contributed by atoms with Gasteiger partial charge in [-0.15, -0.1) is 0 Å². The van der Waals surface area contributed by atoms with Crippen LogP contribution in [-0.2, 0) is 0 Å². The summed E-state index contributed by atoms with van der Waals surface area (Å²) < 4.78 is 0. The number of benzene rings is 1. The molecule has 3 rings (SSSR count). The Kier molecular flexibility index (Phi) is 3.78. The van der Waals surface area contributed by atoms with Gasteiger partial charge in [-0.25, -0.2) is 9.97 Å². The van der Waals surface area contributed by atoms with E-state index in [1.165, 1.54) is 24.2 Å². The van der Waals surface area contributed by atoms with Crippen molar-refractivity contribution in [2.24, 2.45) is 0 Å². The van der Waals surface area contributed by atoms with Crippen molar-refractivity contribution in [1.29, 1.82) is 0 Å².